The summed E-state index contributed by atoms with van der Waals surface area (Å²) in [4.78, 5) is 35.3. The molecule has 0 saturated carbocycles. The summed E-state index contributed by atoms with van der Waals surface area (Å²) < 4.78 is 0. The summed E-state index contributed by atoms with van der Waals surface area (Å²) in [5.41, 5.74) is 3.24. The van der Waals surface area contributed by atoms with Gasteiger partial charge < -0.3 is 15.5 Å². The van der Waals surface area contributed by atoms with Crippen molar-refractivity contribution < 1.29 is 9.59 Å². The highest BCUT2D eigenvalue weighted by Gasteiger charge is 2.19. The first-order valence-electron chi connectivity index (χ1n) is 11.0. The van der Waals surface area contributed by atoms with Crippen molar-refractivity contribution in [3.05, 3.63) is 71.0 Å². The molecule has 2 amide bonds. The molecule has 3 aromatic rings. The number of aromatic nitrogens is 2. The molecule has 3 heterocycles. The predicted octanol–water partition coefficient (Wildman–Crippen LogP) is 4.78. The Hall–Kier alpha value is -3.45. The molecule has 1 aromatic carbocycles. The van der Waals surface area contributed by atoms with Crippen LogP contribution < -0.4 is 10.6 Å². The van der Waals surface area contributed by atoms with E-state index in [2.05, 4.69) is 20.6 Å². The van der Waals surface area contributed by atoms with Gasteiger partial charge in [-0.15, -0.1) is 0 Å². The van der Waals surface area contributed by atoms with Crippen molar-refractivity contribution in [3.8, 4) is 11.3 Å². The molecule has 0 unspecified atom stereocenters. The zero-order valence-corrected chi connectivity index (χ0v) is 19.2. The Labute approximate surface area is 198 Å². The zero-order chi connectivity index (χ0) is 23.2. The summed E-state index contributed by atoms with van der Waals surface area (Å²) in [5.74, 6) is 0.710. The Bertz CT molecular complexity index is 1150. The van der Waals surface area contributed by atoms with Crippen LogP contribution in [0.25, 0.3) is 11.3 Å². The summed E-state index contributed by atoms with van der Waals surface area (Å²) in [5, 5.41) is 6.75. The number of rotatable bonds is 8. The normalized spacial score (nSPS) is 13.3. The number of hydrogen-bond acceptors (Lipinski definition) is 5. The lowest BCUT2D eigenvalue weighted by Gasteiger charge is -2.15. The van der Waals surface area contributed by atoms with Crippen molar-refractivity contribution in [2.45, 2.75) is 26.2 Å². The minimum Gasteiger partial charge on any atom is -0.370 e. The van der Waals surface area contributed by atoms with E-state index in [0.717, 1.165) is 37.2 Å². The number of carbonyl (C=O) groups is 2. The van der Waals surface area contributed by atoms with E-state index in [4.69, 9.17) is 11.6 Å². The molecule has 0 atom stereocenters. The largest absolute Gasteiger partial charge is 0.370 e. The molecule has 1 aliphatic rings. The molecule has 0 spiro atoms. The third kappa shape index (κ3) is 5.68. The number of nitrogens with one attached hydrogen (secondary N) is 2. The predicted molar refractivity (Wildman–Crippen MR) is 131 cm³/mol. The summed E-state index contributed by atoms with van der Waals surface area (Å²) in [6.07, 6.45) is 4.17. The highest BCUT2D eigenvalue weighted by Crippen LogP contribution is 2.29. The first-order chi connectivity index (χ1) is 16.0. The van der Waals surface area contributed by atoms with Gasteiger partial charge in [-0.3, -0.25) is 14.6 Å². The molecule has 7 nitrogen and oxygen atoms in total. The molecule has 1 saturated heterocycles. The van der Waals surface area contributed by atoms with E-state index >= 15 is 0 Å². The fourth-order valence-electron chi connectivity index (χ4n) is 3.85. The second-order valence-electron chi connectivity index (χ2n) is 7.96. The summed E-state index contributed by atoms with van der Waals surface area (Å²) in [6, 6.07) is 14.5. The van der Waals surface area contributed by atoms with Crippen LogP contribution in [0.15, 0.2) is 54.7 Å². The standard InChI is InChI=1S/C25H26ClN5O2/c1-17-19(9-11-23(29-17)28-13-5-15-31-14-4-7-24(31)32)25(33)30-18-8-10-21(26)20(16-18)22-6-2-3-12-27-22/h2-3,6,8-12,16H,4-5,7,13-15H2,1H3,(H,28,29)(H,30,33). The van der Waals surface area contributed by atoms with Crippen LogP contribution in [0.4, 0.5) is 11.5 Å². The van der Waals surface area contributed by atoms with Gasteiger partial charge in [-0.1, -0.05) is 17.7 Å². The number of pyridine rings is 2. The topological polar surface area (TPSA) is 87.2 Å². The highest BCUT2D eigenvalue weighted by atomic mass is 35.5. The van der Waals surface area contributed by atoms with Gasteiger partial charge in [0.2, 0.25) is 5.91 Å². The van der Waals surface area contributed by atoms with Crippen molar-refractivity contribution in [1.82, 2.24) is 14.9 Å². The minimum atomic E-state index is -0.242. The molecule has 1 fully saturated rings. The van der Waals surface area contributed by atoms with Crippen LogP contribution in [0.3, 0.4) is 0 Å². The van der Waals surface area contributed by atoms with Gasteiger partial charge in [0.05, 0.1) is 22.0 Å². The SMILES string of the molecule is Cc1nc(NCCCN2CCCC2=O)ccc1C(=O)Nc1ccc(Cl)c(-c2ccccn2)c1. The van der Waals surface area contributed by atoms with Crippen LogP contribution in [0.1, 0.15) is 35.3 Å². The van der Waals surface area contributed by atoms with Gasteiger partial charge in [0.25, 0.3) is 5.91 Å². The fourth-order valence-corrected chi connectivity index (χ4v) is 4.06. The average molecular weight is 464 g/mol. The van der Waals surface area contributed by atoms with Crippen LogP contribution >= 0.6 is 11.6 Å². The molecule has 1 aliphatic heterocycles. The van der Waals surface area contributed by atoms with Crippen molar-refractivity contribution in [1.29, 1.82) is 0 Å². The number of aryl methyl sites for hydroxylation is 1. The van der Waals surface area contributed by atoms with Crippen molar-refractivity contribution in [3.63, 3.8) is 0 Å². The molecule has 33 heavy (non-hydrogen) atoms. The van der Waals surface area contributed by atoms with E-state index in [1.54, 1.807) is 30.5 Å². The van der Waals surface area contributed by atoms with Gasteiger partial charge in [0, 0.05) is 43.5 Å². The van der Waals surface area contributed by atoms with E-state index in [9.17, 15) is 9.59 Å². The van der Waals surface area contributed by atoms with Gasteiger partial charge in [0.1, 0.15) is 5.82 Å². The highest BCUT2D eigenvalue weighted by molar-refractivity contribution is 6.33. The molecule has 4 rings (SSSR count). The molecule has 0 bridgehead atoms. The summed E-state index contributed by atoms with van der Waals surface area (Å²) in [6.45, 7) is 4.14. The molecule has 170 valence electrons. The third-order valence-corrected chi connectivity index (χ3v) is 5.91. The Morgan fingerprint density at radius 2 is 2.06 bits per heavy atom. The van der Waals surface area contributed by atoms with Crippen LogP contribution in [0.5, 0.6) is 0 Å². The quantitative estimate of drug-likeness (QED) is 0.469. The summed E-state index contributed by atoms with van der Waals surface area (Å²) >= 11 is 6.33. The lowest BCUT2D eigenvalue weighted by Crippen LogP contribution is -2.27. The zero-order valence-electron chi connectivity index (χ0n) is 18.5. The molecule has 0 radical (unpaired) electrons. The first-order valence-corrected chi connectivity index (χ1v) is 11.4. The number of likely N-dealkylation sites (tertiary alicyclic amines) is 1. The maximum atomic E-state index is 12.9. The minimum absolute atomic E-state index is 0.242. The second kappa shape index (κ2) is 10.4. The van der Waals surface area contributed by atoms with E-state index in [1.165, 1.54) is 0 Å². The molecule has 0 aliphatic carbocycles. The van der Waals surface area contributed by atoms with E-state index < -0.39 is 0 Å². The number of nitrogens with zero attached hydrogens (tertiary/aromatic N) is 3. The Kier molecular flexibility index (Phi) is 7.19. The Balaban J connectivity index is 1.36. The Morgan fingerprint density at radius 1 is 1.18 bits per heavy atom. The Morgan fingerprint density at radius 3 is 2.79 bits per heavy atom. The van der Waals surface area contributed by atoms with Gasteiger partial charge in [-0.25, -0.2) is 4.98 Å². The van der Waals surface area contributed by atoms with E-state index in [-0.39, 0.29) is 11.8 Å². The van der Waals surface area contributed by atoms with Crippen LogP contribution in [-0.4, -0.2) is 46.3 Å². The van der Waals surface area contributed by atoms with Crippen molar-refractivity contribution in [2.75, 3.05) is 30.3 Å². The van der Waals surface area contributed by atoms with Crippen LogP contribution in [0.2, 0.25) is 5.02 Å². The number of carbonyl (C=O) groups excluding carboxylic acids is 2. The lowest BCUT2D eigenvalue weighted by molar-refractivity contribution is -0.127. The number of amides is 2. The molecular formula is C25H26ClN5O2. The number of hydrogen-bond donors (Lipinski definition) is 2. The smallest absolute Gasteiger partial charge is 0.257 e. The first kappa shape index (κ1) is 22.7. The fraction of sp³-hybridized carbons (Fsp3) is 0.280. The number of anilines is 2. The van der Waals surface area contributed by atoms with Crippen molar-refractivity contribution >= 4 is 34.9 Å². The van der Waals surface area contributed by atoms with Gasteiger partial charge in [-0.05, 0) is 62.2 Å². The van der Waals surface area contributed by atoms with Gasteiger partial charge in [0.15, 0.2) is 0 Å². The maximum Gasteiger partial charge on any atom is 0.257 e. The van der Waals surface area contributed by atoms with E-state index in [1.807, 2.05) is 36.1 Å². The molecule has 8 heteroatoms. The van der Waals surface area contributed by atoms with Crippen LogP contribution in [0, 0.1) is 6.92 Å². The maximum absolute atomic E-state index is 12.9. The van der Waals surface area contributed by atoms with Crippen molar-refractivity contribution in [2.24, 2.45) is 0 Å². The second-order valence-corrected chi connectivity index (χ2v) is 8.37. The molecule has 2 aromatic heterocycles. The van der Waals surface area contributed by atoms with Crippen LogP contribution in [-0.2, 0) is 4.79 Å². The monoisotopic (exact) mass is 463 g/mol. The van der Waals surface area contributed by atoms with E-state index in [0.29, 0.717) is 40.8 Å². The van der Waals surface area contributed by atoms with Gasteiger partial charge in [-0.2, -0.15) is 0 Å². The lowest BCUT2D eigenvalue weighted by atomic mass is 10.1. The third-order valence-electron chi connectivity index (χ3n) is 5.58. The molecule has 2 N–H and O–H groups in total. The average Bonchev–Trinajstić information content (AvgIpc) is 3.23. The van der Waals surface area contributed by atoms with Gasteiger partial charge >= 0.3 is 0 Å². The number of benzene rings is 1. The number of halogens is 1. The summed E-state index contributed by atoms with van der Waals surface area (Å²) in [7, 11) is 0. The molecular weight excluding hydrogens is 438 g/mol.